The average molecular weight is 476 g/mol. The van der Waals surface area contributed by atoms with E-state index in [1.54, 1.807) is 6.07 Å². The minimum Gasteiger partial charge on any atom is -0.493 e. The van der Waals surface area contributed by atoms with Gasteiger partial charge < -0.3 is 20.7 Å². The number of halogens is 4. The lowest BCUT2D eigenvalue weighted by Crippen LogP contribution is -2.47. The Morgan fingerprint density at radius 3 is 2.28 bits per heavy atom. The molecule has 4 N–H and O–H groups in total. The lowest BCUT2D eigenvalue weighted by Gasteiger charge is -2.24. The van der Waals surface area contributed by atoms with Crippen LogP contribution >= 0.6 is 15.9 Å². The van der Waals surface area contributed by atoms with E-state index in [4.69, 9.17) is 10.5 Å². The first-order chi connectivity index (χ1) is 13.7. The predicted molar refractivity (Wildman–Crippen MR) is 109 cm³/mol. The Hall–Kier alpha value is -1.61. The van der Waals surface area contributed by atoms with Crippen molar-refractivity contribution in [3.63, 3.8) is 0 Å². The van der Waals surface area contributed by atoms with Gasteiger partial charge >= 0.3 is 6.18 Å². The molecule has 0 fully saturated rings. The fraction of sp³-hybridized carbons (Fsp3) is 0.429. The smallest absolute Gasteiger partial charge is 0.419 e. The highest BCUT2D eigenvalue weighted by atomic mass is 79.9. The van der Waals surface area contributed by atoms with Crippen LogP contribution in [0.2, 0.25) is 0 Å². The first kappa shape index (κ1) is 23.7. The molecule has 2 rings (SSSR count). The number of alkyl halides is 3. The number of aliphatic hydroxyl groups excluding tert-OH is 2. The van der Waals surface area contributed by atoms with E-state index in [-0.39, 0.29) is 25.2 Å². The van der Waals surface area contributed by atoms with Crippen LogP contribution in [0.25, 0.3) is 0 Å². The van der Waals surface area contributed by atoms with Gasteiger partial charge in [0.1, 0.15) is 5.75 Å². The third kappa shape index (κ3) is 7.29. The van der Waals surface area contributed by atoms with Crippen molar-refractivity contribution in [2.24, 2.45) is 5.73 Å². The molecule has 0 saturated carbocycles. The molecule has 0 saturated heterocycles. The quantitative estimate of drug-likeness (QED) is 0.452. The van der Waals surface area contributed by atoms with Crippen LogP contribution in [-0.2, 0) is 19.0 Å². The molecule has 0 radical (unpaired) electrons. The van der Waals surface area contributed by atoms with Gasteiger partial charge in [-0.3, -0.25) is 0 Å². The summed E-state index contributed by atoms with van der Waals surface area (Å²) < 4.78 is 46.8. The summed E-state index contributed by atoms with van der Waals surface area (Å²) in [6.45, 7) is -0.737. The zero-order valence-electron chi connectivity index (χ0n) is 15.9. The topological polar surface area (TPSA) is 75.7 Å². The first-order valence-electron chi connectivity index (χ1n) is 9.25. The highest BCUT2D eigenvalue weighted by Gasteiger charge is 2.35. The van der Waals surface area contributed by atoms with Crippen molar-refractivity contribution in [2.45, 2.75) is 37.4 Å². The van der Waals surface area contributed by atoms with Crippen LogP contribution in [-0.4, -0.2) is 35.6 Å². The van der Waals surface area contributed by atoms with Crippen molar-refractivity contribution in [1.82, 2.24) is 0 Å². The van der Waals surface area contributed by atoms with Gasteiger partial charge in [-0.15, -0.1) is 0 Å². The maximum absolute atomic E-state index is 13.5. The maximum Gasteiger partial charge on any atom is 0.419 e. The van der Waals surface area contributed by atoms with Crippen LogP contribution < -0.4 is 10.5 Å². The van der Waals surface area contributed by atoms with Gasteiger partial charge in [0.25, 0.3) is 0 Å². The second kappa shape index (κ2) is 10.4. The highest BCUT2D eigenvalue weighted by molar-refractivity contribution is 9.10. The molecule has 4 nitrogen and oxygen atoms in total. The number of hydrogen-bond acceptors (Lipinski definition) is 4. The van der Waals surface area contributed by atoms with Gasteiger partial charge in [0.15, 0.2) is 0 Å². The number of nitrogens with two attached hydrogens (primary N) is 1. The molecule has 0 aromatic heterocycles. The Morgan fingerprint density at radius 1 is 0.966 bits per heavy atom. The Kier molecular flexibility index (Phi) is 8.51. The van der Waals surface area contributed by atoms with Crippen LogP contribution in [0.3, 0.4) is 0 Å². The fourth-order valence-electron chi connectivity index (χ4n) is 2.83. The molecule has 0 aliphatic heterocycles. The first-order valence-corrected chi connectivity index (χ1v) is 10.0. The maximum atomic E-state index is 13.5. The molecular weight excluding hydrogens is 451 g/mol. The van der Waals surface area contributed by atoms with E-state index in [1.807, 2.05) is 24.3 Å². The van der Waals surface area contributed by atoms with E-state index in [2.05, 4.69) is 15.9 Å². The molecule has 2 aromatic carbocycles. The Bertz CT molecular complexity index is 795. The Balaban J connectivity index is 2.01. The van der Waals surface area contributed by atoms with Crippen molar-refractivity contribution in [2.75, 3.05) is 19.8 Å². The van der Waals surface area contributed by atoms with E-state index >= 15 is 0 Å². The lowest BCUT2D eigenvalue weighted by molar-refractivity contribution is -0.139. The van der Waals surface area contributed by atoms with Gasteiger partial charge in [-0.1, -0.05) is 34.1 Å². The van der Waals surface area contributed by atoms with Crippen molar-refractivity contribution in [1.29, 1.82) is 0 Å². The van der Waals surface area contributed by atoms with E-state index in [1.165, 1.54) is 6.07 Å². The van der Waals surface area contributed by atoms with Crippen molar-refractivity contribution in [3.8, 4) is 5.75 Å². The minimum atomic E-state index is -4.55. The van der Waals surface area contributed by atoms with Crippen LogP contribution in [0, 0.1) is 0 Å². The second-order valence-electron chi connectivity index (χ2n) is 7.09. The molecule has 29 heavy (non-hydrogen) atoms. The third-order valence-corrected chi connectivity index (χ3v) is 5.14. The van der Waals surface area contributed by atoms with E-state index in [0.29, 0.717) is 18.4 Å². The zero-order chi connectivity index (χ0) is 21.5. The zero-order valence-corrected chi connectivity index (χ0v) is 17.5. The average Bonchev–Trinajstić information content (AvgIpc) is 2.69. The molecule has 160 valence electrons. The molecule has 0 atom stereocenters. The van der Waals surface area contributed by atoms with Crippen LogP contribution in [0.4, 0.5) is 13.2 Å². The summed E-state index contributed by atoms with van der Waals surface area (Å²) in [6, 6.07) is 11.6. The lowest BCUT2D eigenvalue weighted by atomic mass is 9.93. The molecule has 0 heterocycles. The number of benzene rings is 2. The number of hydrogen-bond donors (Lipinski definition) is 3. The fourth-order valence-corrected chi connectivity index (χ4v) is 3.28. The second-order valence-corrected chi connectivity index (χ2v) is 8.00. The summed E-state index contributed by atoms with van der Waals surface area (Å²) in [7, 11) is 0. The Morgan fingerprint density at radius 2 is 1.66 bits per heavy atom. The summed E-state index contributed by atoms with van der Waals surface area (Å²) in [5.41, 5.74) is 5.21. The molecule has 0 amide bonds. The Labute approximate surface area is 176 Å². The van der Waals surface area contributed by atoms with Crippen molar-refractivity contribution >= 4 is 15.9 Å². The normalized spacial score (nSPS) is 12.2. The monoisotopic (exact) mass is 475 g/mol. The summed E-state index contributed by atoms with van der Waals surface area (Å²) in [6.07, 6.45) is -2.92. The van der Waals surface area contributed by atoms with Gasteiger partial charge in [0, 0.05) is 4.47 Å². The molecule has 0 aliphatic rings. The predicted octanol–water partition coefficient (Wildman–Crippen LogP) is 4.09. The molecule has 8 heteroatoms. The van der Waals surface area contributed by atoms with E-state index in [9.17, 15) is 23.4 Å². The van der Waals surface area contributed by atoms with E-state index < -0.39 is 30.5 Å². The highest BCUT2D eigenvalue weighted by Crippen LogP contribution is 2.37. The standard InChI is InChI=1S/C21H25BrF3NO3/c22-17-5-1-3-15(11-17)4-2-10-29-19-7-6-16(12-18(19)21(23,24)25)8-9-20(26,13-27)14-28/h1,3,5-7,11-12,27-28H,2,4,8-10,13-14,26H2. The largest absolute Gasteiger partial charge is 0.493 e. The van der Waals surface area contributed by atoms with Gasteiger partial charge in [0.2, 0.25) is 0 Å². The number of ether oxygens (including phenoxy) is 1. The molecule has 0 aliphatic carbocycles. The third-order valence-electron chi connectivity index (χ3n) is 4.65. The SMILES string of the molecule is NC(CO)(CO)CCc1ccc(OCCCc2cccc(Br)c2)c(C(F)(F)F)c1. The van der Waals surface area contributed by atoms with Crippen LogP contribution in [0.5, 0.6) is 5.75 Å². The summed E-state index contributed by atoms with van der Waals surface area (Å²) >= 11 is 3.39. The van der Waals surface area contributed by atoms with Crippen molar-refractivity contribution < 1.29 is 28.1 Å². The summed E-state index contributed by atoms with van der Waals surface area (Å²) in [5.74, 6) is -0.209. The molecule has 0 unspecified atom stereocenters. The molecule has 0 spiro atoms. The number of aliphatic hydroxyl groups is 2. The van der Waals surface area contributed by atoms with Gasteiger partial charge in [-0.2, -0.15) is 13.2 Å². The molecule has 2 aromatic rings. The summed E-state index contributed by atoms with van der Waals surface area (Å²) in [5, 5.41) is 18.4. The number of rotatable bonds is 10. The number of aryl methyl sites for hydroxylation is 2. The van der Waals surface area contributed by atoms with E-state index in [0.717, 1.165) is 16.1 Å². The van der Waals surface area contributed by atoms with Gasteiger partial charge in [-0.25, -0.2) is 0 Å². The van der Waals surface area contributed by atoms with Gasteiger partial charge in [-0.05, 0) is 61.1 Å². The summed E-state index contributed by atoms with van der Waals surface area (Å²) in [4.78, 5) is 0. The van der Waals surface area contributed by atoms with Crippen molar-refractivity contribution in [3.05, 3.63) is 63.6 Å². The molecule has 0 bridgehead atoms. The van der Waals surface area contributed by atoms with Crippen LogP contribution in [0.1, 0.15) is 29.5 Å². The van der Waals surface area contributed by atoms with Crippen LogP contribution in [0.15, 0.2) is 46.9 Å². The minimum absolute atomic E-state index is 0.157. The van der Waals surface area contributed by atoms with Gasteiger partial charge in [0.05, 0.1) is 30.9 Å². The molecular formula is C21H25BrF3NO3.